The number of hydrogen-bond donors (Lipinski definition) is 0. The van der Waals surface area contributed by atoms with Crippen molar-refractivity contribution in [2.45, 2.75) is 104 Å². The number of hydrogen-bond acceptors (Lipinski definition) is 9. The summed E-state index contributed by atoms with van der Waals surface area (Å²) in [5, 5.41) is 0. The molecule has 46 heavy (non-hydrogen) atoms. The van der Waals surface area contributed by atoms with Crippen molar-refractivity contribution < 1.29 is 42.8 Å². The quantitative estimate of drug-likeness (QED) is 0.143. The fourth-order valence-corrected chi connectivity index (χ4v) is 4.70. The van der Waals surface area contributed by atoms with Gasteiger partial charge < -0.3 is 28.4 Å². The molecule has 3 aromatic rings. The average molecular weight is 635 g/mol. The maximum absolute atomic E-state index is 12.2. The monoisotopic (exact) mass is 634 g/mol. The van der Waals surface area contributed by atoms with Crippen LogP contribution < -0.4 is 14.2 Å². The predicted molar refractivity (Wildman–Crippen MR) is 175 cm³/mol. The molecule has 0 N–H and O–H groups in total. The first-order valence-electron chi connectivity index (χ1n) is 15.1. The first-order chi connectivity index (χ1) is 21.1. The van der Waals surface area contributed by atoms with E-state index in [1.54, 1.807) is 98.7 Å². The van der Waals surface area contributed by atoms with Gasteiger partial charge in [0.2, 0.25) is 0 Å². The lowest BCUT2D eigenvalue weighted by Crippen LogP contribution is -2.28. The lowest BCUT2D eigenvalue weighted by Gasteiger charge is -2.36. The summed E-state index contributed by atoms with van der Waals surface area (Å²) >= 11 is 0. The van der Waals surface area contributed by atoms with Gasteiger partial charge in [-0.15, -0.1) is 0 Å². The van der Waals surface area contributed by atoms with Gasteiger partial charge >= 0.3 is 18.5 Å². The first kappa shape index (κ1) is 35.9. The minimum Gasteiger partial charge on any atom is -0.428 e. The number of ether oxygens (including phenoxy) is 6. The largest absolute Gasteiger partial charge is 0.514 e. The number of carbonyl (C=O) groups is 3. The van der Waals surface area contributed by atoms with Gasteiger partial charge in [0.25, 0.3) is 0 Å². The van der Waals surface area contributed by atoms with Crippen LogP contribution in [0.25, 0.3) is 0 Å². The van der Waals surface area contributed by atoms with Crippen LogP contribution in [0.4, 0.5) is 14.4 Å². The van der Waals surface area contributed by atoms with Crippen molar-refractivity contribution in [3.8, 4) is 17.2 Å². The third-order valence-corrected chi connectivity index (χ3v) is 6.52. The highest BCUT2D eigenvalue weighted by atomic mass is 16.7. The van der Waals surface area contributed by atoms with Gasteiger partial charge in [0.1, 0.15) is 34.1 Å². The molecule has 0 radical (unpaired) electrons. The zero-order chi connectivity index (χ0) is 34.5. The summed E-state index contributed by atoms with van der Waals surface area (Å²) < 4.78 is 32.0. The van der Waals surface area contributed by atoms with Crippen LogP contribution in [0.3, 0.4) is 0 Å². The third-order valence-electron chi connectivity index (χ3n) is 6.52. The number of benzene rings is 3. The van der Waals surface area contributed by atoms with E-state index in [0.717, 1.165) is 16.7 Å². The molecular formula is C37H46O9. The number of rotatable bonds is 7. The zero-order valence-corrected chi connectivity index (χ0v) is 28.7. The van der Waals surface area contributed by atoms with Crippen LogP contribution in [0.1, 0.15) is 98.8 Å². The van der Waals surface area contributed by atoms with Crippen molar-refractivity contribution in [1.29, 1.82) is 0 Å². The fraction of sp³-hybridized carbons (Fsp3) is 0.432. The van der Waals surface area contributed by atoms with Crippen LogP contribution in [-0.4, -0.2) is 35.3 Å². The predicted octanol–water partition coefficient (Wildman–Crippen LogP) is 9.74. The smallest absolute Gasteiger partial charge is 0.428 e. The van der Waals surface area contributed by atoms with E-state index in [4.69, 9.17) is 28.4 Å². The third kappa shape index (κ3) is 11.1. The normalized spacial score (nSPS) is 12.3. The van der Waals surface area contributed by atoms with Crippen LogP contribution in [0.15, 0.2) is 72.8 Å². The van der Waals surface area contributed by atoms with Crippen molar-refractivity contribution in [2.24, 2.45) is 0 Å². The zero-order valence-electron chi connectivity index (χ0n) is 28.7. The van der Waals surface area contributed by atoms with E-state index in [1.807, 2.05) is 36.4 Å². The minimum atomic E-state index is -0.786. The molecule has 9 heteroatoms. The number of carbonyl (C=O) groups excluding carboxylic acids is 3. The minimum absolute atomic E-state index is 0.212. The van der Waals surface area contributed by atoms with Crippen LogP contribution in [0, 0.1) is 0 Å². The Kier molecular flexibility index (Phi) is 10.8. The van der Waals surface area contributed by atoms with Crippen LogP contribution in [0.2, 0.25) is 0 Å². The van der Waals surface area contributed by atoms with E-state index >= 15 is 0 Å². The summed E-state index contributed by atoms with van der Waals surface area (Å²) in [6.45, 7) is 20.1. The fourth-order valence-electron chi connectivity index (χ4n) is 4.70. The molecule has 0 fully saturated rings. The second-order valence-electron chi connectivity index (χ2n) is 14.5. The molecular weight excluding hydrogens is 588 g/mol. The highest BCUT2D eigenvalue weighted by Gasteiger charge is 2.34. The van der Waals surface area contributed by atoms with Crippen LogP contribution in [0.5, 0.6) is 17.2 Å². The maximum Gasteiger partial charge on any atom is 0.514 e. The summed E-state index contributed by atoms with van der Waals surface area (Å²) in [7, 11) is 0. The summed E-state index contributed by atoms with van der Waals surface area (Å²) in [6, 6.07) is 21.8. The Bertz CT molecular complexity index is 1410. The molecule has 3 aromatic carbocycles. The van der Waals surface area contributed by atoms with E-state index in [2.05, 4.69) is 13.8 Å². The van der Waals surface area contributed by atoms with Gasteiger partial charge in [0.15, 0.2) is 0 Å². The maximum atomic E-state index is 12.2. The summed E-state index contributed by atoms with van der Waals surface area (Å²) in [5.41, 5.74) is 0.307. The van der Waals surface area contributed by atoms with E-state index in [-0.39, 0.29) is 5.92 Å². The molecule has 3 rings (SSSR count). The van der Waals surface area contributed by atoms with Crippen molar-refractivity contribution in [1.82, 2.24) is 0 Å². The van der Waals surface area contributed by atoms with Gasteiger partial charge in [-0.25, -0.2) is 14.4 Å². The van der Waals surface area contributed by atoms with Crippen molar-refractivity contribution in [3.63, 3.8) is 0 Å². The van der Waals surface area contributed by atoms with Crippen LogP contribution in [-0.2, 0) is 19.6 Å². The Balaban J connectivity index is 1.94. The highest BCUT2D eigenvalue weighted by molar-refractivity contribution is 5.65. The molecule has 0 bridgehead atoms. The molecule has 248 valence electrons. The van der Waals surface area contributed by atoms with Crippen molar-refractivity contribution in [2.75, 3.05) is 0 Å². The molecule has 0 aliphatic carbocycles. The molecule has 0 saturated heterocycles. The Hall–Kier alpha value is -4.53. The lowest BCUT2D eigenvalue weighted by molar-refractivity contribution is 0.0193. The average Bonchev–Trinajstić information content (AvgIpc) is 2.88. The summed E-state index contributed by atoms with van der Waals surface area (Å²) in [5.74, 6) is 0.840. The molecule has 0 aliphatic heterocycles. The SMILES string of the molecule is CC(C)(C)OC(=O)Oc1ccc(C(c2ccc(OC(=O)OC(C)(C)C)cc2)C(C)(C)c2ccc(OC(=O)OC(C)(C)C)cc2)cc1. The standard InChI is InChI=1S/C37H46O9/c1-34(2,3)44-31(38)41-27-18-12-24(13-19-27)30(25-14-20-28(21-15-25)42-32(39)45-35(4,5)6)37(10,11)26-16-22-29(23-17-26)43-33(40)46-36(7,8)9/h12-23,30H,1-11H3. The summed E-state index contributed by atoms with van der Waals surface area (Å²) in [4.78, 5) is 36.7. The second kappa shape index (κ2) is 13.8. The first-order valence-corrected chi connectivity index (χ1v) is 15.1. The Morgan fingerprint density at radius 2 is 0.696 bits per heavy atom. The summed E-state index contributed by atoms with van der Waals surface area (Å²) in [6.07, 6.45) is -2.35. The topological polar surface area (TPSA) is 107 Å². The van der Waals surface area contributed by atoms with E-state index < -0.39 is 40.7 Å². The molecule has 0 atom stereocenters. The second-order valence-corrected chi connectivity index (χ2v) is 14.5. The molecule has 0 amide bonds. The van der Waals surface area contributed by atoms with Gasteiger partial charge in [0, 0.05) is 11.3 Å². The van der Waals surface area contributed by atoms with E-state index in [1.165, 1.54) is 0 Å². The van der Waals surface area contributed by atoms with E-state index in [9.17, 15) is 14.4 Å². The van der Waals surface area contributed by atoms with Gasteiger partial charge in [-0.2, -0.15) is 0 Å². The molecule has 0 aliphatic rings. The van der Waals surface area contributed by atoms with Crippen molar-refractivity contribution >= 4 is 18.5 Å². The molecule has 0 heterocycles. The molecule has 0 spiro atoms. The van der Waals surface area contributed by atoms with Gasteiger partial charge in [-0.05, 0) is 115 Å². The van der Waals surface area contributed by atoms with Gasteiger partial charge in [-0.3, -0.25) is 0 Å². The Morgan fingerprint density at radius 1 is 0.435 bits per heavy atom. The molecule has 0 aromatic heterocycles. The van der Waals surface area contributed by atoms with Gasteiger partial charge in [0.05, 0.1) is 0 Å². The van der Waals surface area contributed by atoms with Gasteiger partial charge in [-0.1, -0.05) is 50.2 Å². The van der Waals surface area contributed by atoms with Crippen molar-refractivity contribution in [3.05, 3.63) is 89.5 Å². The lowest BCUT2D eigenvalue weighted by atomic mass is 9.67. The van der Waals surface area contributed by atoms with Crippen LogP contribution >= 0.6 is 0 Å². The molecule has 0 saturated carbocycles. The molecule has 9 nitrogen and oxygen atoms in total. The molecule has 0 unspecified atom stereocenters. The Morgan fingerprint density at radius 3 is 0.957 bits per heavy atom. The highest BCUT2D eigenvalue weighted by Crippen LogP contribution is 2.44. The van der Waals surface area contributed by atoms with E-state index in [0.29, 0.717) is 17.2 Å². The Labute approximate surface area is 272 Å².